The number of pyridine rings is 1. The van der Waals surface area contributed by atoms with E-state index in [-0.39, 0.29) is 0 Å². The van der Waals surface area contributed by atoms with Crippen molar-refractivity contribution in [3.05, 3.63) is 45.4 Å². The zero-order valence-corrected chi connectivity index (χ0v) is 13.4. The Kier molecular flexibility index (Phi) is 4.22. The van der Waals surface area contributed by atoms with Gasteiger partial charge in [0.25, 0.3) is 0 Å². The van der Waals surface area contributed by atoms with Crippen LogP contribution in [0.15, 0.2) is 24.3 Å². The molecule has 0 unspecified atom stereocenters. The molecule has 0 bridgehead atoms. The second-order valence-electron chi connectivity index (χ2n) is 5.14. The molecule has 110 valence electrons. The van der Waals surface area contributed by atoms with E-state index < -0.39 is 0 Å². The summed E-state index contributed by atoms with van der Waals surface area (Å²) >= 11 is 12.4. The van der Waals surface area contributed by atoms with Crippen LogP contribution >= 0.6 is 23.2 Å². The fourth-order valence-electron chi connectivity index (χ4n) is 2.63. The predicted molar refractivity (Wildman–Crippen MR) is 90.2 cm³/mol. The Hall–Kier alpha value is -1.45. The number of hydrogen-bond donors (Lipinski definition) is 2. The predicted octanol–water partition coefficient (Wildman–Crippen LogP) is 5.05. The Labute approximate surface area is 134 Å². The van der Waals surface area contributed by atoms with Gasteiger partial charge >= 0.3 is 0 Å². The summed E-state index contributed by atoms with van der Waals surface area (Å²) in [6.07, 6.45) is 3.57. The first-order valence-electron chi connectivity index (χ1n) is 7.16. The first-order valence-corrected chi connectivity index (χ1v) is 7.91. The molecule has 0 radical (unpaired) electrons. The van der Waals surface area contributed by atoms with Crippen molar-refractivity contribution in [2.75, 3.05) is 17.2 Å². The van der Waals surface area contributed by atoms with Gasteiger partial charge in [-0.25, -0.2) is 4.98 Å². The highest BCUT2D eigenvalue weighted by atomic mass is 35.5. The summed E-state index contributed by atoms with van der Waals surface area (Å²) in [4.78, 5) is 4.46. The Balaban J connectivity index is 1.88. The summed E-state index contributed by atoms with van der Waals surface area (Å²) in [5.74, 6) is 1.27. The maximum atomic E-state index is 6.23. The zero-order chi connectivity index (χ0) is 14.8. The largest absolute Gasteiger partial charge is 0.369 e. The quantitative estimate of drug-likeness (QED) is 0.827. The number of anilines is 3. The van der Waals surface area contributed by atoms with Crippen LogP contribution in [0.5, 0.6) is 0 Å². The fraction of sp³-hybridized carbons (Fsp3) is 0.312. The van der Waals surface area contributed by atoms with Gasteiger partial charge in [0, 0.05) is 12.2 Å². The van der Waals surface area contributed by atoms with Crippen molar-refractivity contribution >= 4 is 40.5 Å². The summed E-state index contributed by atoms with van der Waals surface area (Å²) in [5.41, 5.74) is 3.87. The molecule has 0 amide bonds. The Morgan fingerprint density at radius 1 is 1.05 bits per heavy atom. The van der Waals surface area contributed by atoms with Gasteiger partial charge in [-0.2, -0.15) is 0 Å². The van der Waals surface area contributed by atoms with Crippen LogP contribution in [0.3, 0.4) is 0 Å². The maximum Gasteiger partial charge on any atom is 0.151 e. The van der Waals surface area contributed by atoms with Crippen LogP contribution in [-0.2, 0) is 12.8 Å². The SMILES string of the molecule is CCNc1nc(Nc2ccc3c(c2)CCC3)c(Cl)cc1Cl. The van der Waals surface area contributed by atoms with Crippen molar-refractivity contribution in [3.63, 3.8) is 0 Å². The van der Waals surface area contributed by atoms with Crippen molar-refractivity contribution in [1.82, 2.24) is 4.98 Å². The van der Waals surface area contributed by atoms with E-state index >= 15 is 0 Å². The highest BCUT2D eigenvalue weighted by Gasteiger charge is 2.13. The van der Waals surface area contributed by atoms with Crippen LogP contribution in [0.1, 0.15) is 24.5 Å². The normalized spacial score (nSPS) is 13.1. The third-order valence-corrected chi connectivity index (χ3v) is 4.21. The van der Waals surface area contributed by atoms with Crippen molar-refractivity contribution in [1.29, 1.82) is 0 Å². The second-order valence-corrected chi connectivity index (χ2v) is 5.96. The molecule has 1 aliphatic rings. The first-order chi connectivity index (χ1) is 10.2. The minimum absolute atomic E-state index is 0.516. The molecule has 1 aliphatic carbocycles. The summed E-state index contributed by atoms with van der Waals surface area (Å²) in [5, 5.41) is 7.46. The lowest BCUT2D eigenvalue weighted by Gasteiger charge is -2.12. The lowest BCUT2D eigenvalue weighted by Crippen LogP contribution is -2.03. The van der Waals surface area contributed by atoms with E-state index in [9.17, 15) is 0 Å². The van der Waals surface area contributed by atoms with E-state index in [1.165, 1.54) is 24.0 Å². The molecule has 21 heavy (non-hydrogen) atoms. The molecule has 1 heterocycles. The average Bonchev–Trinajstić information content (AvgIpc) is 2.92. The molecule has 0 saturated heterocycles. The van der Waals surface area contributed by atoms with Gasteiger partial charge in [-0.1, -0.05) is 29.3 Å². The van der Waals surface area contributed by atoms with E-state index in [0.29, 0.717) is 21.7 Å². The number of aromatic nitrogens is 1. The topological polar surface area (TPSA) is 37.0 Å². The van der Waals surface area contributed by atoms with Crippen LogP contribution < -0.4 is 10.6 Å². The fourth-order valence-corrected chi connectivity index (χ4v) is 3.10. The molecule has 0 saturated carbocycles. The zero-order valence-electron chi connectivity index (χ0n) is 11.8. The van der Waals surface area contributed by atoms with Gasteiger partial charge in [-0.3, -0.25) is 0 Å². The second kappa shape index (κ2) is 6.12. The average molecular weight is 322 g/mol. The molecule has 0 spiro atoms. The van der Waals surface area contributed by atoms with E-state index in [4.69, 9.17) is 23.2 Å². The number of nitrogens with zero attached hydrogens (tertiary/aromatic N) is 1. The van der Waals surface area contributed by atoms with Crippen molar-refractivity contribution in [2.45, 2.75) is 26.2 Å². The molecular weight excluding hydrogens is 305 g/mol. The Bertz CT molecular complexity index is 671. The molecule has 0 atom stereocenters. The molecule has 3 rings (SSSR count). The smallest absolute Gasteiger partial charge is 0.151 e. The number of benzene rings is 1. The van der Waals surface area contributed by atoms with Gasteiger partial charge in [-0.15, -0.1) is 0 Å². The summed E-state index contributed by atoms with van der Waals surface area (Å²) in [7, 11) is 0. The number of hydrogen-bond acceptors (Lipinski definition) is 3. The highest BCUT2D eigenvalue weighted by molar-refractivity contribution is 6.37. The van der Waals surface area contributed by atoms with Crippen molar-refractivity contribution in [3.8, 4) is 0 Å². The number of halogens is 2. The van der Waals surface area contributed by atoms with Gasteiger partial charge in [0.2, 0.25) is 0 Å². The van der Waals surface area contributed by atoms with Crippen LogP contribution in [0, 0.1) is 0 Å². The van der Waals surface area contributed by atoms with Crippen LogP contribution in [0.2, 0.25) is 10.0 Å². The number of fused-ring (bicyclic) bond motifs is 1. The number of nitrogens with one attached hydrogen (secondary N) is 2. The molecule has 3 nitrogen and oxygen atoms in total. The standard InChI is InChI=1S/C16H17Cl2N3/c1-2-19-15-13(17)9-14(18)16(21-15)20-12-7-6-10-4-3-5-11(10)8-12/h6-9H,2-5H2,1H3,(H2,19,20,21). The van der Waals surface area contributed by atoms with E-state index in [1.54, 1.807) is 6.07 Å². The molecule has 2 N–H and O–H groups in total. The number of aryl methyl sites for hydroxylation is 2. The van der Waals surface area contributed by atoms with Gasteiger partial charge in [-0.05, 0) is 55.5 Å². The monoisotopic (exact) mass is 321 g/mol. The highest BCUT2D eigenvalue weighted by Crippen LogP contribution is 2.32. The summed E-state index contributed by atoms with van der Waals surface area (Å²) in [6, 6.07) is 8.15. The molecule has 2 aromatic rings. The third-order valence-electron chi connectivity index (χ3n) is 3.63. The van der Waals surface area contributed by atoms with Gasteiger partial charge in [0.15, 0.2) is 5.82 Å². The maximum absolute atomic E-state index is 6.23. The Morgan fingerprint density at radius 3 is 2.62 bits per heavy atom. The van der Waals surface area contributed by atoms with Gasteiger partial charge in [0.05, 0.1) is 10.0 Å². The third kappa shape index (κ3) is 3.09. The van der Waals surface area contributed by atoms with E-state index in [0.717, 1.165) is 18.7 Å². The first kappa shape index (κ1) is 14.5. The molecule has 5 heteroatoms. The van der Waals surface area contributed by atoms with Crippen LogP contribution in [0.4, 0.5) is 17.3 Å². The molecule has 1 aromatic carbocycles. The van der Waals surface area contributed by atoms with Gasteiger partial charge < -0.3 is 10.6 Å². The number of rotatable bonds is 4. The van der Waals surface area contributed by atoms with Crippen molar-refractivity contribution < 1.29 is 0 Å². The minimum Gasteiger partial charge on any atom is -0.369 e. The van der Waals surface area contributed by atoms with E-state index in [2.05, 4.69) is 33.8 Å². The lowest BCUT2D eigenvalue weighted by atomic mass is 10.1. The molecular formula is C16H17Cl2N3. The van der Waals surface area contributed by atoms with Crippen LogP contribution in [0.25, 0.3) is 0 Å². The van der Waals surface area contributed by atoms with Crippen molar-refractivity contribution in [2.24, 2.45) is 0 Å². The summed E-state index contributed by atoms with van der Waals surface area (Å²) in [6.45, 7) is 2.76. The molecule has 0 fully saturated rings. The summed E-state index contributed by atoms with van der Waals surface area (Å²) < 4.78 is 0. The Morgan fingerprint density at radius 2 is 1.81 bits per heavy atom. The lowest BCUT2D eigenvalue weighted by molar-refractivity contribution is 0.912. The van der Waals surface area contributed by atoms with Gasteiger partial charge in [0.1, 0.15) is 5.82 Å². The van der Waals surface area contributed by atoms with Crippen LogP contribution in [-0.4, -0.2) is 11.5 Å². The minimum atomic E-state index is 0.516. The molecule has 0 aliphatic heterocycles. The van der Waals surface area contributed by atoms with E-state index in [1.807, 2.05) is 6.92 Å². The molecule has 1 aromatic heterocycles.